The van der Waals surface area contributed by atoms with Crippen LogP contribution in [0.25, 0.3) is 0 Å². The summed E-state index contributed by atoms with van der Waals surface area (Å²) in [4.78, 5) is 0. The highest BCUT2D eigenvalue weighted by Crippen LogP contribution is 2.15. The average Bonchev–Trinajstić information content (AvgIpc) is 2.23. The smallest absolute Gasteiger partial charge is 0.233 e. The number of hydrogen-bond donors (Lipinski definition) is 0. The largest absolute Gasteiger partial charge is 0.473 e. The van der Waals surface area contributed by atoms with Crippen LogP contribution in [0.3, 0.4) is 0 Å². The van der Waals surface area contributed by atoms with Crippen molar-refractivity contribution in [2.45, 2.75) is 18.9 Å². The van der Waals surface area contributed by atoms with Crippen LogP contribution in [0.1, 0.15) is 12.8 Å². The van der Waals surface area contributed by atoms with Crippen molar-refractivity contribution in [3.63, 3.8) is 0 Å². The number of ether oxygens (including phenoxy) is 2. The molecule has 0 spiro atoms. The Bertz CT molecular complexity index is 285. The lowest BCUT2D eigenvalue weighted by atomic mass is 10.2. The lowest BCUT2D eigenvalue weighted by Gasteiger charge is -2.22. The van der Waals surface area contributed by atoms with Crippen LogP contribution in [0.2, 0.25) is 5.15 Å². The maximum atomic E-state index is 5.61. The minimum atomic E-state index is 0.194. The summed E-state index contributed by atoms with van der Waals surface area (Å²) in [6.07, 6.45) is 2.01. The van der Waals surface area contributed by atoms with Gasteiger partial charge in [0.2, 0.25) is 5.88 Å². The Labute approximate surface area is 87.2 Å². The predicted molar refractivity (Wildman–Crippen MR) is 51.5 cm³/mol. The number of nitrogens with zero attached hydrogens (tertiary/aromatic N) is 2. The van der Waals surface area contributed by atoms with Crippen LogP contribution in [0.15, 0.2) is 12.1 Å². The van der Waals surface area contributed by atoms with Crippen molar-refractivity contribution in [1.82, 2.24) is 10.2 Å². The topological polar surface area (TPSA) is 44.2 Å². The maximum Gasteiger partial charge on any atom is 0.233 e. The van der Waals surface area contributed by atoms with E-state index in [1.165, 1.54) is 0 Å². The molecule has 1 aromatic heterocycles. The van der Waals surface area contributed by atoms with Crippen LogP contribution >= 0.6 is 11.6 Å². The van der Waals surface area contributed by atoms with Gasteiger partial charge in [0.15, 0.2) is 5.15 Å². The number of hydrogen-bond acceptors (Lipinski definition) is 4. The van der Waals surface area contributed by atoms with Gasteiger partial charge >= 0.3 is 0 Å². The Hall–Kier alpha value is -0.870. The molecule has 1 fully saturated rings. The quantitative estimate of drug-likeness (QED) is 0.752. The molecule has 0 atom stereocenters. The maximum absolute atomic E-state index is 5.61. The summed E-state index contributed by atoms with van der Waals surface area (Å²) in [6, 6.07) is 3.40. The van der Waals surface area contributed by atoms with E-state index in [4.69, 9.17) is 21.1 Å². The van der Waals surface area contributed by atoms with Gasteiger partial charge in [-0.1, -0.05) is 11.6 Å². The van der Waals surface area contributed by atoms with Crippen molar-refractivity contribution in [1.29, 1.82) is 0 Å². The van der Waals surface area contributed by atoms with E-state index < -0.39 is 0 Å². The second kappa shape index (κ2) is 4.57. The molecule has 0 N–H and O–H groups in total. The molecule has 0 saturated carbocycles. The normalized spacial score (nSPS) is 18.1. The van der Waals surface area contributed by atoms with Crippen LogP contribution in [-0.4, -0.2) is 29.5 Å². The van der Waals surface area contributed by atoms with Crippen LogP contribution in [0, 0.1) is 0 Å². The molecule has 1 aliphatic heterocycles. The molecule has 2 heterocycles. The molecule has 0 bridgehead atoms. The standard InChI is InChI=1S/C9H11ClN2O2/c10-8-1-2-9(12-11-8)14-7-3-5-13-6-4-7/h1-2,7H,3-6H2. The van der Waals surface area contributed by atoms with Gasteiger partial charge in [-0.2, -0.15) is 0 Å². The summed E-state index contributed by atoms with van der Waals surface area (Å²) in [5.74, 6) is 0.529. The summed E-state index contributed by atoms with van der Waals surface area (Å²) in [6.45, 7) is 1.51. The van der Waals surface area contributed by atoms with Gasteiger partial charge in [-0.3, -0.25) is 0 Å². The van der Waals surface area contributed by atoms with Crippen molar-refractivity contribution in [3.05, 3.63) is 17.3 Å². The number of aromatic nitrogens is 2. The van der Waals surface area contributed by atoms with Gasteiger partial charge in [-0.25, -0.2) is 0 Å². The van der Waals surface area contributed by atoms with Crippen LogP contribution in [0.5, 0.6) is 5.88 Å². The predicted octanol–water partition coefficient (Wildman–Crippen LogP) is 1.69. The minimum absolute atomic E-state index is 0.194. The Balaban J connectivity index is 1.92. The van der Waals surface area contributed by atoms with Gasteiger partial charge in [0.25, 0.3) is 0 Å². The van der Waals surface area contributed by atoms with Crippen LogP contribution in [-0.2, 0) is 4.74 Å². The zero-order chi connectivity index (χ0) is 9.80. The monoisotopic (exact) mass is 214 g/mol. The van der Waals surface area contributed by atoms with E-state index in [1.54, 1.807) is 12.1 Å². The van der Waals surface area contributed by atoms with Crippen LogP contribution < -0.4 is 4.74 Å². The molecule has 2 rings (SSSR count). The second-order valence-corrected chi connectivity index (χ2v) is 3.51. The summed E-state index contributed by atoms with van der Waals surface area (Å²) in [5.41, 5.74) is 0. The number of halogens is 1. The minimum Gasteiger partial charge on any atom is -0.473 e. The molecule has 0 aliphatic carbocycles. The molecule has 0 amide bonds. The second-order valence-electron chi connectivity index (χ2n) is 3.12. The van der Waals surface area contributed by atoms with E-state index in [0.717, 1.165) is 26.1 Å². The Morgan fingerprint density at radius 3 is 2.71 bits per heavy atom. The van der Waals surface area contributed by atoms with Gasteiger partial charge in [0, 0.05) is 18.9 Å². The summed E-state index contributed by atoms with van der Waals surface area (Å²) >= 11 is 5.61. The molecule has 5 heteroatoms. The zero-order valence-corrected chi connectivity index (χ0v) is 8.41. The lowest BCUT2D eigenvalue weighted by Crippen LogP contribution is -2.26. The molecule has 4 nitrogen and oxygen atoms in total. The number of rotatable bonds is 2. The summed E-state index contributed by atoms with van der Waals surface area (Å²) in [5, 5.41) is 7.91. The van der Waals surface area contributed by atoms with E-state index in [0.29, 0.717) is 11.0 Å². The zero-order valence-electron chi connectivity index (χ0n) is 7.65. The van der Waals surface area contributed by atoms with Crippen molar-refractivity contribution in [3.8, 4) is 5.88 Å². The molecule has 1 aliphatic rings. The van der Waals surface area contributed by atoms with Crippen molar-refractivity contribution in [2.75, 3.05) is 13.2 Å². The highest BCUT2D eigenvalue weighted by Gasteiger charge is 2.15. The molecule has 1 aromatic rings. The first-order chi connectivity index (χ1) is 6.84. The molecule has 0 radical (unpaired) electrons. The molecular formula is C9H11ClN2O2. The summed E-state index contributed by atoms with van der Waals surface area (Å²) < 4.78 is 10.8. The van der Waals surface area contributed by atoms with E-state index in [1.807, 2.05) is 0 Å². The highest BCUT2D eigenvalue weighted by atomic mass is 35.5. The van der Waals surface area contributed by atoms with Gasteiger partial charge in [0.1, 0.15) is 6.10 Å². The van der Waals surface area contributed by atoms with Crippen molar-refractivity contribution in [2.24, 2.45) is 0 Å². The third kappa shape index (κ3) is 2.56. The average molecular weight is 215 g/mol. The fourth-order valence-electron chi connectivity index (χ4n) is 1.33. The first-order valence-corrected chi connectivity index (χ1v) is 4.96. The van der Waals surface area contributed by atoms with E-state index in [-0.39, 0.29) is 6.10 Å². The molecule has 1 saturated heterocycles. The van der Waals surface area contributed by atoms with Gasteiger partial charge in [-0.15, -0.1) is 10.2 Å². The Morgan fingerprint density at radius 1 is 1.29 bits per heavy atom. The SMILES string of the molecule is Clc1ccc(OC2CCOCC2)nn1. The fraction of sp³-hybridized carbons (Fsp3) is 0.556. The summed E-state index contributed by atoms with van der Waals surface area (Å²) in [7, 11) is 0. The van der Waals surface area contributed by atoms with Gasteiger partial charge in [0.05, 0.1) is 13.2 Å². The molecule has 0 aromatic carbocycles. The molecule has 76 valence electrons. The Kier molecular flexibility index (Phi) is 3.16. The lowest BCUT2D eigenvalue weighted by molar-refractivity contribution is 0.0233. The first-order valence-electron chi connectivity index (χ1n) is 4.58. The molecular weight excluding hydrogens is 204 g/mol. The van der Waals surface area contributed by atoms with Crippen molar-refractivity contribution < 1.29 is 9.47 Å². The highest BCUT2D eigenvalue weighted by molar-refractivity contribution is 6.29. The first kappa shape index (κ1) is 9.68. The van der Waals surface area contributed by atoms with Crippen LogP contribution in [0.4, 0.5) is 0 Å². The van der Waals surface area contributed by atoms with E-state index in [9.17, 15) is 0 Å². The van der Waals surface area contributed by atoms with Gasteiger partial charge < -0.3 is 9.47 Å². The van der Waals surface area contributed by atoms with Gasteiger partial charge in [-0.05, 0) is 6.07 Å². The molecule has 0 unspecified atom stereocenters. The third-order valence-corrected chi connectivity index (χ3v) is 2.26. The third-order valence-electron chi connectivity index (χ3n) is 2.06. The molecule has 14 heavy (non-hydrogen) atoms. The fourth-order valence-corrected chi connectivity index (χ4v) is 1.43. The van der Waals surface area contributed by atoms with E-state index in [2.05, 4.69) is 10.2 Å². The Morgan fingerprint density at radius 2 is 2.07 bits per heavy atom. The van der Waals surface area contributed by atoms with E-state index >= 15 is 0 Å². The van der Waals surface area contributed by atoms with Crippen molar-refractivity contribution >= 4 is 11.6 Å².